The summed E-state index contributed by atoms with van der Waals surface area (Å²) in [6.07, 6.45) is 5.32. The van der Waals surface area contributed by atoms with Gasteiger partial charge in [-0.1, -0.05) is 54.2 Å². The molecule has 8 heteroatoms. The number of aromatic nitrogens is 1. The molecule has 2 aromatic carbocycles. The van der Waals surface area contributed by atoms with Gasteiger partial charge < -0.3 is 14.6 Å². The van der Waals surface area contributed by atoms with E-state index in [9.17, 15) is 4.79 Å². The molecule has 1 amide bonds. The Morgan fingerprint density at radius 2 is 1.89 bits per heavy atom. The number of nitrogens with zero attached hydrogens (tertiary/aromatic N) is 2. The molecular weight excluding hydrogens is 510 g/mol. The molecule has 0 atom stereocenters. The van der Waals surface area contributed by atoms with Crippen molar-refractivity contribution in [1.82, 2.24) is 9.88 Å². The molecule has 0 bridgehead atoms. The van der Waals surface area contributed by atoms with Gasteiger partial charge in [-0.3, -0.25) is 4.79 Å². The molecule has 0 saturated carbocycles. The number of likely N-dealkylation sites (tertiary alicyclic amines) is 1. The maximum atomic E-state index is 13.0. The van der Waals surface area contributed by atoms with E-state index in [-0.39, 0.29) is 5.91 Å². The van der Waals surface area contributed by atoms with Crippen molar-refractivity contribution in [2.75, 3.05) is 18.4 Å². The topological polar surface area (TPSA) is 58.4 Å². The smallest absolute Gasteiger partial charge is 0.275 e. The van der Waals surface area contributed by atoms with Crippen LogP contribution in [0.15, 0.2) is 76.7 Å². The van der Waals surface area contributed by atoms with Crippen LogP contribution in [0.25, 0.3) is 11.1 Å². The quantitative estimate of drug-likeness (QED) is 0.249. The zero-order valence-electron chi connectivity index (χ0n) is 19.7. The zero-order valence-corrected chi connectivity index (χ0v) is 22.0. The average molecular weight is 536 g/mol. The van der Waals surface area contributed by atoms with Gasteiger partial charge in [0.15, 0.2) is 0 Å². The number of benzene rings is 2. The summed E-state index contributed by atoms with van der Waals surface area (Å²) in [5, 5.41) is 6.60. The second kappa shape index (κ2) is 11.4. The summed E-state index contributed by atoms with van der Waals surface area (Å²) < 4.78 is 5.42. The molecule has 0 aliphatic carbocycles. The first kappa shape index (κ1) is 24.7. The number of aryl methyl sites for hydroxylation is 1. The molecule has 0 spiro atoms. The number of halogens is 1. The van der Waals surface area contributed by atoms with Gasteiger partial charge in [-0.15, -0.1) is 11.3 Å². The Kier molecular flexibility index (Phi) is 7.80. The number of hydrogen-bond donors (Lipinski definition) is 1. The third kappa shape index (κ3) is 5.86. The van der Waals surface area contributed by atoms with E-state index in [1.54, 1.807) is 17.6 Å². The van der Waals surface area contributed by atoms with E-state index in [4.69, 9.17) is 33.2 Å². The Bertz CT molecular complexity index is 1330. The van der Waals surface area contributed by atoms with E-state index in [1.807, 2.05) is 66.0 Å². The minimum atomic E-state index is -0.199. The lowest BCUT2D eigenvalue weighted by atomic mass is 9.97. The van der Waals surface area contributed by atoms with Gasteiger partial charge in [-0.2, -0.15) is 0 Å². The second-order valence-corrected chi connectivity index (χ2v) is 10.6. The Balaban J connectivity index is 1.18. The Morgan fingerprint density at radius 1 is 1.11 bits per heavy atom. The zero-order chi connectivity index (χ0) is 24.9. The van der Waals surface area contributed by atoms with Crippen molar-refractivity contribution in [3.63, 3.8) is 0 Å². The number of para-hydroxylation sites is 1. The highest BCUT2D eigenvalue weighted by Crippen LogP contribution is 2.32. The highest BCUT2D eigenvalue weighted by atomic mass is 35.5. The van der Waals surface area contributed by atoms with Crippen molar-refractivity contribution in [3.8, 4) is 11.1 Å². The first-order chi connectivity index (χ1) is 17.6. The monoisotopic (exact) mass is 535 g/mol. The van der Waals surface area contributed by atoms with Crippen molar-refractivity contribution < 1.29 is 9.21 Å². The molecule has 1 N–H and O–H groups in total. The standard InChI is InChI=1S/C28H26ClN3O2S2/c29-21-9-7-19(8-10-21)23-5-1-2-6-24(23)30-27(33)25-18-36-28(31-25)20-13-15-32(16-14-20)26(35)12-11-22-4-3-17-34-22/h1-10,17-18,20H,11-16H2,(H,30,33). The number of thiazole rings is 1. The fourth-order valence-electron chi connectivity index (χ4n) is 4.46. The highest BCUT2D eigenvalue weighted by Gasteiger charge is 2.25. The third-order valence-corrected chi connectivity index (χ3v) is 8.17. The summed E-state index contributed by atoms with van der Waals surface area (Å²) in [4.78, 5) is 21.0. The van der Waals surface area contributed by atoms with Crippen molar-refractivity contribution >= 4 is 51.7 Å². The molecule has 184 valence electrons. The number of carbonyl (C=O) groups is 1. The van der Waals surface area contributed by atoms with Crippen LogP contribution in [-0.2, 0) is 6.42 Å². The first-order valence-corrected chi connectivity index (χ1v) is 13.7. The lowest BCUT2D eigenvalue weighted by Crippen LogP contribution is -2.37. The van der Waals surface area contributed by atoms with Crippen molar-refractivity contribution in [2.24, 2.45) is 0 Å². The van der Waals surface area contributed by atoms with Crippen LogP contribution in [0.4, 0.5) is 5.69 Å². The number of hydrogen-bond acceptors (Lipinski definition) is 5. The molecule has 5 rings (SSSR count). The summed E-state index contributed by atoms with van der Waals surface area (Å²) in [6.45, 7) is 1.83. The lowest BCUT2D eigenvalue weighted by Gasteiger charge is -2.33. The molecule has 0 unspecified atom stereocenters. The van der Waals surface area contributed by atoms with E-state index < -0.39 is 0 Å². The van der Waals surface area contributed by atoms with Crippen LogP contribution in [0.1, 0.15) is 46.4 Å². The lowest BCUT2D eigenvalue weighted by molar-refractivity contribution is 0.102. The normalized spacial score (nSPS) is 14.1. The van der Waals surface area contributed by atoms with Crippen LogP contribution in [0, 0.1) is 0 Å². The van der Waals surface area contributed by atoms with E-state index in [1.165, 1.54) is 0 Å². The van der Waals surface area contributed by atoms with Gasteiger partial charge in [0.2, 0.25) is 0 Å². The predicted octanol–water partition coefficient (Wildman–Crippen LogP) is 7.45. The largest absolute Gasteiger partial charge is 0.469 e. The number of furan rings is 1. The molecule has 5 nitrogen and oxygen atoms in total. The van der Waals surface area contributed by atoms with Gasteiger partial charge in [0.05, 0.1) is 16.3 Å². The SMILES string of the molecule is O=C(Nc1ccccc1-c1ccc(Cl)cc1)c1csc(C2CCN(C(=S)CCc3ccco3)CC2)n1. The fourth-order valence-corrected chi connectivity index (χ4v) is 5.84. The summed E-state index contributed by atoms with van der Waals surface area (Å²) in [5.74, 6) is 1.12. The molecule has 3 heterocycles. The van der Waals surface area contributed by atoms with Gasteiger partial charge in [0.25, 0.3) is 5.91 Å². The van der Waals surface area contributed by atoms with Gasteiger partial charge in [-0.25, -0.2) is 4.98 Å². The number of carbonyl (C=O) groups excluding carboxylic acids is 1. The number of thiocarbonyl (C=S) groups is 1. The van der Waals surface area contributed by atoms with E-state index in [2.05, 4.69) is 10.2 Å². The number of piperidine rings is 1. The number of rotatable bonds is 7. The molecule has 2 aromatic heterocycles. The number of amides is 1. The Morgan fingerprint density at radius 3 is 2.64 bits per heavy atom. The van der Waals surface area contributed by atoms with Crippen LogP contribution < -0.4 is 5.32 Å². The van der Waals surface area contributed by atoms with E-state index in [0.29, 0.717) is 16.6 Å². The highest BCUT2D eigenvalue weighted by molar-refractivity contribution is 7.80. The molecule has 1 aliphatic heterocycles. The summed E-state index contributed by atoms with van der Waals surface area (Å²) in [6, 6.07) is 19.2. The third-order valence-electron chi connectivity index (χ3n) is 6.45. The van der Waals surface area contributed by atoms with Crippen molar-refractivity contribution in [3.05, 3.63) is 93.8 Å². The second-order valence-electron chi connectivity index (χ2n) is 8.81. The van der Waals surface area contributed by atoms with Crippen molar-refractivity contribution in [1.29, 1.82) is 0 Å². The van der Waals surface area contributed by atoms with Crippen molar-refractivity contribution in [2.45, 2.75) is 31.6 Å². The van der Waals surface area contributed by atoms with Gasteiger partial charge in [0.1, 0.15) is 11.5 Å². The Labute approximate surface area is 225 Å². The fraction of sp³-hybridized carbons (Fsp3) is 0.250. The summed E-state index contributed by atoms with van der Waals surface area (Å²) >= 11 is 13.3. The molecular formula is C28H26ClN3O2S2. The van der Waals surface area contributed by atoms with Crippen LogP contribution in [0.3, 0.4) is 0 Å². The maximum absolute atomic E-state index is 13.0. The van der Waals surface area contributed by atoms with E-state index >= 15 is 0 Å². The van der Waals surface area contributed by atoms with Gasteiger partial charge >= 0.3 is 0 Å². The summed E-state index contributed by atoms with van der Waals surface area (Å²) in [7, 11) is 0. The molecule has 1 fully saturated rings. The molecule has 0 radical (unpaired) electrons. The van der Waals surface area contributed by atoms with E-state index in [0.717, 1.165) is 71.3 Å². The van der Waals surface area contributed by atoms with Gasteiger partial charge in [0, 0.05) is 53.5 Å². The molecule has 1 aliphatic rings. The van der Waals surface area contributed by atoms with Crippen LogP contribution >= 0.6 is 35.2 Å². The van der Waals surface area contributed by atoms with Gasteiger partial charge in [-0.05, 0) is 48.7 Å². The maximum Gasteiger partial charge on any atom is 0.275 e. The Hall–Kier alpha value is -3.00. The number of nitrogens with one attached hydrogen (secondary N) is 1. The number of anilines is 1. The average Bonchev–Trinajstić information content (AvgIpc) is 3.61. The molecule has 36 heavy (non-hydrogen) atoms. The molecule has 4 aromatic rings. The predicted molar refractivity (Wildman–Crippen MR) is 150 cm³/mol. The molecule has 1 saturated heterocycles. The summed E-state index contributed by atoms with van der Waals surface area (Å²) in [5.41, 5.74) is 3.13. The minimum absolute atomic E-state index is 0.199. The minimum Gasteiger partial charge on any atom is -0.469 e. The van der Waals surface area contributed by atoms with Crippen LogP contribution in [0.2, 0.25) is 5.02 Å². The van der Waals surface area contributed by atoms with Crippen LogP contribution in [0.5, 0.6) is 0 Å². The first-order valence-electron chi connectivity index (χ1n) is 12.0. The van der Waals surface area contributed by atoms with Crippen LogP contribution in [-0.4, -0.2) is 33.9 Å².